The number of thioether (sulfide) groups is 1. The molecule has 2 heterocycles. The Labute approximate surface area is 266 Å². The Bertz CT molecular complexity index is 1540. The highest BCUT2D eigenvalue weighted by atomic mass is 32.2. The van der Waals surface area contributed by atoms with Gasteiger partial charge >= 0.3 is 12.0 Å². The molecule has 5 rings (SSSR count). The zero-order valence-electron chi connectivity index (χ0n) is 24.9. The molecule has 3 N–H and O–H groups in total. The average molecular weight is 629 g/mol. The highest BCUT2D eigenvalue weighted by Gasteiger charge is 2.32. The molecule has 1 aliphatic heterocycles. The molecule has 1 fully saturated rings. The van der Waals surface area contributed by atoms with E-state index in [9.17, 15) is 14.7 Å². The lowest BCUT2D eigenvalue weighted by Gasteiger charge is -2.36. The molecule has 2 amide bonds. The van der Waals surface area contributed by atoms with Gasteiger partial charge in [-0.1, -0.05) is 84.6 Å². The Balaban J connectivity index is 1.28. The lowest BCUT2D eigenvalue weighted by molar-refractivity contribution is -0.245. The van der Waals surface area contributed by atoms with Crippen LogP contribution in [0, 0.1) is 0 Å². The number of ether oxygens (including phenoxy) is 3. The van der Waals surface area contributed by atoms with E-state index in [4.69, 9.17) is 14.2 Å². The number of hydrogen-bond acceptors (Lipinski definition) is 9. The molecule has 3 atom stereocenters. The third-order valence-electron chi connectivity index (χ3n) is 7.20. The normalized spacial score (nSPS) is 17.8. The number of aliphatic hydroxyl groups excluding tert-OH is 1. The lowest BCUT2D eigenvalue weighted by atomic mass is 9.98. The second kappa shape index (κ2) is 16.1. The van der Waals surface area contributed by atoms with E-state index >= 15 is 0 Å². The monoisotopic (exact) mass is 628 g/mol. The molecule has 3 aromatic carbocycles. The number of rotatable bonds is 12. The van der Waals surface area contributed by atoms with Gasteiger partial charge in [-0.05, 0) is 40.8 Å². The molecule has 0 bridgehead atoms. The summed E-state index contributed by atoms with van der Waals surface area (Å²) in [5, 5.41) is 15.5. The van der Waals surface area contributed by atoms with Gasteiger partial charge < -0.3 is 30.0 Å². The summed E-state index contributed by atoms with van der Waals surface area (Å²) in [7, 11) is 0. The Morgan fingerprint density at radius 2 is 1.67 bits per heavy atom. The number of amides is 2. The fourth-order valence-corrected chi connectivity index (χ4v) is 5.75. The molecule has 1 saturated heterocycles. The smallest absolute Gasteiger partial charge is 0.325 e. The number of benzene rings is 3. The second-order valence-electron chi connectivity index (χ2n) is 10.3. The molecule has 0 radical (unpaired) electrons. The van der Waals surface area contributed by atoms with Crippen LogP contribution in [0.5, 0.6) is 0 Å². The molecule has 1 aromatic heterocycles. The predicted molar refractivity (Wildman–Crippen MR) is 170 cm³/mol. The summed E-state index contributed by atoms with van der Waals surface area (Å²) in [6.45, 7) is 2.05. The molecule has 3 unspecified atom stereocenters. The maximum atomic E-state index is 12.2. The molecule has 45 heavy (non-hydrogen) atoms. The van der Waals surface area contributed by atoms with E-state index in [0.717, 1.165) is 33.4 Å². The molecule has 11 heteroatoms. The van der Waals surface area contributed by atoms with Crippen molar-refractivity contribution >= 4 is 23.8 Å². The van der Waals surface area contributed by atoms with Crippen LogP contribution in [0.3, 0.4) is 0 Å². The molecule has 1 aliphatic rings. The van der Waals surface area contributed by atoms with Crippen LogP contribution in [0.25, 0.3) is 11.1 Å². The molecule has 4 aromatic rings. The predicted octanol–water partition coefficient (Wildman–Crippen LogP) is 5.34. The van der Waals surface area contributed by atoms with Crippen molar-refractivity contribution in [3.8, 4) is 11.1 Å². The first-order chi connectivity index (χ1) is 22.0. The maximum Gasteiger partial charge on any atom is 0.325 e. The minimum absolute atomic E-state index is 0.0118. The minimum atomic E-state index is -0.586. The number of nitrogens with one attached hydrogen (secondary N) is 2. The third-order valence-corrected chi connectivity index (χ3v) is 8.21. The van der Waals surface area contributed by atoms with Gasteiger partial charge in [-0.25, -0.2) is 14.8 Å². The summed E-state index contributed by atoms with van der Waals surface area (Å²) in [5.74, 6) is 0.182. The van der Waals surface area contributed by atoms with Gasteiger partial charge in [0.25, 0.3) is 0 Å². The first-order valence-corrected chi connectivity index (χ1v) is 15.8. The topological polar surface area (TPSA) is 132 Å². The van der Waals surface area contributed by atoms with Crippen LogP contribution in [-0.4, -0.2) is 52.1 Å². The summed E-state index contributed by atoms with van der Waals surface area (Å²) in [6, 6.07) is 25.0. The highest BCUT2D eigenvalue weighted by molar-refractivity contribution is 7.99. The first kappa shape index (κ1) is 32.1. The van der Waals surface area contributed by atoms with E-state index in [1.165, 1.54) is 0 Å². The standard InChI is InChI=1S/C34H36N4O6S/c1-2-42-31(40)20-38-33(41)37-19-27-6-3-4-7-29(27)24-12-14-26(15-13-24)32-43-28(22-45-34-35-16-5-17-36-34)18-30(44-32)25-10-8-23(21-39)9-11-25/h3-17,28,30,32,39H,2,18-22H2,1H3,(H2,37,38,41). The van der Waals surface area contributed by atoms with Crippen molar-refractivity contribution in [1.29, 1.82) is 0 Å². The van der Waals surface area contributed by atoms with Crippen molar-refractivity contribution in [1.82, 2.24) is 20.6 Å². The van der Waals surface area contributed by atoms with Crippen molar-refractivity contribution in [3.05, 3.63) is 114 Å². The summed E-state index contributed by atoms with van der Waals surface area (Å²) in [5.41, 5.74) is 5.63. The van der Waals surface area contributed by atoms with Crippen molar-refractivity contribution < 1.29 is 28.9 Å². The van der Waals surface area contributed by atoms with Crippen LogP contribution in [0.2, 0.25) is 0 Å². The van der Waals surface area contributed by atoms with Gasteiger partial charge in [-0.3, -0.25) is 4.79 Å². The molecule has 0 spiro atoms. The molecule has 0 saturated carbocycles. The SMILES string of the molecule is CCOC(=O)CNC(=O)NCc1ccccc1-c1ccc(C2OC(CSc3ncccn3)CC(c3ccc(CO)cc3)O2)cc1. The number of aromatic nitrogens is 2. The van der Waals surface area contributed by atoms with Crippen LogP contribution in [0.1, 0.15) is 48.0 Å². The van der Waals surface area contributed by atoms with Gasteiger partial charge in [0.05, 0.1) is 25.4 Å². The number of hydrogen-bond donors (Lipinski definition) is 3. The fraction of sp³-hybridized carbons (Fsp3) is 0.294. The molecular formula is C34H36N4O6S. The van der Waals surface area contributed by atoms with Crippen LogP contribution in [0.15, 0.2) is 96.4 Å². The summed E-state index contributed by atoms with van der Waals surface area (Å²) in [4.78, 5) is 32.4. The zero-order chi connectivity index (χ0) is 31.4. The van der Waals surface area contributed by atoms with Gasteiger partial charge in [0, 0.05) is 36.7 Å². The van der Waals surface area contributed by atoms with Gasteiger partial charge in [0.2, 0.25) is 0 Å². The summed E-state index contributed by atoms with van der Waals surface area (Å²) < 4.78 is 17.8. The van der Waals surface area contributed by atoms with Crippen molar-refractivity contribution in [2.24, 2.45) is 0 Å². The molecule has 234 valence electrons. The number of nitrogens with zero attached hydrogens (tertiary/aromatic N) is 2. The van der Waals surface area contributed by atoms with E-state index in [2.05, 4.69) is 20.6 Å². The number of esters is 1. The Morgan fingerprint density at radius 1 is 0.933 bits per heavy atom. The average Bonchev–Trinajstić information content (AvgIpc) is 3.09. The Kier molecular flexibility index (Phi) is 11.5. The molecule has 0 aliphatic carbocycles. The van der Waals surface area contributed by atoms with Gasteiger partial charge in [0.1, 0.15) is 6.54 Å². The Morgan fingerprint density at radius 3 is 2.40 bits per heavy atom. The quantitative estimate of drug-likeness (QED) is 0.108. The van der Waals surface area contributed by atoms with Crippen LogP contribution in [0.4, 0.5) is 4.79 Å². The van der Waals surface area contributed by atoms with Gasteiger partial charge in [0.15, 0.2) is 11.4 Å². The highest BCUT2D eigenvalue weighted by Crippen LogP contribution is 2.39. The van der Waals surface area contributed by atoms with Crippen molar-refractivity contribution in [2.75, 3.05) is 18.9 Å². The number of urea groups is 1. The van der Waals surface area contributed by atoms with Crippen LogP contribution < -0.4 is 10.6 Å². The zero-order valence-corrected chi connectivity index (χ0v) is 25.7. The van der Waals surface area contributed by atoms with Gasteiger partial charge in [-0.2, -0.15) is 0 Å². The van der Waals surface area contributed by atoms with Crippen LogP contribution >= 0.6 is 11.8 Å². The number of aliphatic hydroxyl groups is 1. The lowest BCUT2D eigenvalue weighted by Crippen LogP contribution is -2.38. The number of carbonyl (C=O) groups excluding carboxylic acids is 2. The molecular weight excluding hydrogens is 592 g/mol. The van der Waals surface area contributed by atoms with E-state index in [0.29, 0.717) is 17.3 Å². The van der Waals surface area contributed by atoms with Crippen molar-refractivity contribution in [3.63, 3.8) is 0 Å². The van der Waals surface area contributed by atoms with E-state index in [-0.39, 0.29) is 38.5 Å². The van der Waals surface area contributed by atoms with Gasteiger partial charge in [-0.15, -0.1) is 0 Å². The van der Waals surface area contributed by atoms with E-state index in [1.807, 2.05) is 72.8 Å². The summed E-state index contributed by atoms with van der Waals surface area (Å²) in [6.07, 6.45) is 3.23. The number of carbonyl (C=O) groups is 2. The van der Waals surface area contributed by atoms with E-state index in [1.54, 1.807) is 37.1 Å². The second-order valence-corrected chi connectivity index (χ2v) is 11.3. The van der Waals surface area contributed by atoms with Crippen molar-refractivity contribution in [2.45, 2.75) is 50.2 Å². The van der Waals surface area contributed by atoms with E-state index < -0.39 is 18.3 Å². The summed E-state index contributed by atoms with van der Waals surface area (Å²) >= 11 is 1.55. The molecule has 10 nitrogen and oxygen atoms in total. The maximum absolute atomic E-state index is 12.2. The fourth-order valence-electron chi connectivity index (χ4n) is 4.93. The largest absolute Gasteiger partial charge is 0.465 e. The minimum Gasteiger partial charge on any atom is -0.465 e. The third kappa shape index (κ3) is 9.11. The Hall–Kier alpha value is -4.29. The van der Waals surface area contributed by atoms with Crippen LogP contribution in [-0.2, 0) is 32.2 Å². The first-order valence-electron chi connectivity index (χ1n) is 14.8.